The van der Waals surface area contributed by atoms with Crippen LogP contribution in [0.3, 0.4) is 0 Å². The molecule has 0 saturated heterocycles. The SMILES string of the molecule is O=C(O)CC(O)CCCSc1ccc(C(=O)O)cc1. The quantitative estimate of drug-likeness (QED) is 0.500. The fourth-order valence-electron chi connectivity index (χ4n) is 1.51. The zero-order chi connectivity index (χ0) is 14.3. The van der Waals surface area contributed by atoms with E-state index in [4.69, 9.17) is 10.2 Å². The Morgan fingerprint density at radius 2 is 1.79 bits per heavy atom. The summed E-state index contributed by atoms with van der Waals surface area (Å²) in [5.74, 6) is -1.19. The molecule has 0 aliphatic carbocycles. The Balaban J connectivity index is 2.26. The van der Waals surface area contributed by atoms with Gasteiger partial charge in [-0.1, -0.05) is 0 Å². The van der Waals surface area contributed by atoms with Crippen LogP contribution < -0.4 is 0 Å². The zero-order valence-electron chi connectivity index (χ0n) is 10.3. The van der Waals surface area contributed by atoms with Crippen molar-refractivity contribution in [3.63, 3.8) is 0 Å². The van der Waals surface area contributed by atoms with E-state index in [1.165, 1.54) is 0 Å². The first-order valence-corrected chi connectivity index (χ1v) is 6.83. The molecule has 3 N–H and O–H groups in total. The zero-order valence-corrected chi connectivity index (χ0v) is 11.1. The van der Waals surface area contributed by atoms with Gasteiger partial charge in [0.2, 0.25) is 0 Å². The van der Waals surface area contributed by atoms with Crippen LogP contribution in [0.15, 0.2) is 29.2 Å². The molecule has 1 atom stereocenters. The minimum Gasteiger partial charge on any atom is -0.481 e. The van der Waals surface area contributed by atoms with Crippen LogP contribution in [0.1, 0.15) is 29.6 Å². The second-order valence-electron chi connectivity index (χ2n) is 4.07. The molecule has 1 unspecified atom stereocenters. The lowest BCUT2D eigenvalue weighted by Gasteiger charge is -2.07. The average molecular weight is 284 g/mol. The number of carboxylic acids is 2. The molecule has 0 heterocycles. The van der Waals surface area contributed by atoms with Gasteiger partial charge < -0.3 is 15.3 Å². The molecule has 0 spiro atoms. The molecule has 0 radical (unpaired) electrons. The van der Waals surface area contributed by atoms with Crippen LogP contribution in [0.2, 0.25) is 0 Å². The number of aliphatic hydroxyl groups is 1. The number of thioether (sulfide) groups is 1. The molecule has 0 aromatic heterocycles. The fourth-order valence-corrected chi connectivity index (χ4v) is 2.38. The molecular formula is C13H16O5S. The molecule has 1 rings (SSSR count). The van der Waals surface area contributed by atoms with Crippen molar-refractivity contribution in [1.82, 2.24) is 0 Å². The molecule has 0 bridgehead atoms. The number of aliphatic hydroxyl groups excluding tert-OH is 1. The highest BCUT2D eigenvalue weighted by molar-refractivity contribution is 7.99. The van der Waals surface area contributed by atoms with Gasteiger partial charge in [0, 0.05) is 4.90 Å². The summed E-state index contributed by atoms with van der Waals surface area (Å²) in [6.45, 7) is 0. The van der Waals surface area contributed by atoms with E-state index < -0.39 is 18.0 Å². The van der Waals surface area contributed by atoms with Crippen LogP contribution in [-0.4, -0.2) is 39.1 Å². The van der Waals surface area contributed by atoms with Crippen LogP contribution in [0.25, 0.3) is 0 Å². The van der Waals surface area contributed by atoms with Gasteiger partial charge in [-0.3, -0.25) is 4.79 Å². The third-order valence-corrected chi connectivity index (χ3v) is 3.56. The molecule has 19 heavy (non-hydrogen) atoms. The number of hydrogen-bond acceptors (Lipinski definition) is 4. The van der Waals surface area contributed by atoms with Crippen molar-refractivity contribution in [1.29, 1.82) is 0 Å². The van der Waals surface area contributed by atoms with Gasteiger partial charge in [-0.15, -0.1) is 11.8 Å². The summed E-state index contributed by atoms with van der Waals surface area (Å²) in [5, 5.41) is 26.6. The molecule has 0 amide bonds. The van der Waals surface area contributed by atoms with Gasteiger partial charge in [0.1, 0.15) is 0 Å². The van der Waals surface area contributed by atoms with E-state index in [9.17, 15) is 14.7 Å². The van der Waals surface area contributed by atoms with Crippen molar-refractivity contribution in [3.8, 4) is 0 Å². The Bertz CT molecular complexity index is 429. The largest absolute Gasteiger partial charge is 0.481 e. The van der Waals surface area contributed by atoms with Crippen LogP contribution in [0.4, 0.5) is 0 Å². The van der Waals surface area contributed by atoms with Gasteiger partial charge >= 0.3 is 11.9 Å². The molecule has 1 aromatic rings. The van der Waals surface area contributed by atoms with Crippen molar-refractivity contribution in [2.24, 2.45) is 0 Å². The Hall–Kier alpha value is -1.53. The lowest BCUT2D eigenvalue weighted by atomic mass is 10.1. The van der Waals surface area contributed by atoms with Crippen LogP contribution in [0.5, 0.6) is 0 Å². The lowest BCUT2D eigenvalue weighted by Crippen LogP contribution is -2.12. The number of aromatic carboxylic acids is 1. The Kier molecular flexibility index (Phi) is 6.38. The summed E-state index contributed by atoms with van der Waals surface area (Å²) < 4.78 is 0. The van der Waals surface area contributed by atoms with Gasteiger partial charge in [-0.25, -0.2) is 4.79 Å². The molecule has 0 saturated carbocycles. The maximum atomic E-state index is 10.7. The molecule has 6 heteroatoms. The van der Waals surface area contributed by atoms with E-state index >= 15 is 0 Å². The summed E-state index contributed by atoms with van der Waals surface area (Å²) in [6, 6.07) is 6.57. The predicted molar refractivity (Wildman–Crippen MR) is 71.6 cm³/mol. The van der Waals surface area contributed by atoms with Crippen molar-refractivity contribution in [3.05, 3.63) is 29.8 Å². The fraction of sp³-hybridized carbons (Fsp3) is 0.385. The van der Waals surface area contributed by atoms with Gasteiger partial charge in [-0.05, 0) is 42.9 Å². The molecule has 104 valence electrons. The molecule has 5 nitrogen and oxygen atoms in total. The number of benzene rings is 1. The number of aliphatic carboxylic acids is 1. The van der Waals surface area contributed by atoms with E-state index in [2.05, 4.69) is 0 Å². The average Bonchev–Trinajstić information content (AvgIpc) is 2.34. The van der Waals surface area contributed by atoms with Gasteiger partial charge in [-0.2, -0.15) is 0 Å². The third kappa shape index (κ3) is 6.26. The third-order valence-electron chi connectivity index (χ3n) is 2.46. The van der Waals surface area contributed by atoms with E-state index in [-0.39, 0.29) is 12.0 Å². The molecule has 0 aliphatic heterocycles. The van der Waals surface area contributed by atoms with Gasteiger partial charge in [0.05, 0.1) is 18.1 Å². The van der Waals surface area contributed by atoms with E-state index in [1.807, 2.05) is 0 Å². The Morgan fingerprint density at radius 1 is 1.16 bits per heavy atom. The lowest BCUT2D eigenvalue weighted by molar-refractivity contribution is -0.139. The predicted octanol–water partition coefficient (Wildman–Crippen LogP) is 2.09. The highest BCUT2D eigenvalue weighted by Gasteiger charge is 2.09. The molecule has 0 aliphatic rings. The first-order valence-electron chi connectivity index (χ1n) is 5.85. The molecular weight excluding hydrogens is 268 g/mol. The topological polar surface area (TPSA) is 94.8 Å². The standard InChI is InChI=1S/C13H16O5S/c14-10(8-12(15)16)2-1-7-19-11-5-3-9(4-6-11)13(17)18/h3-6,10,14H,1-2,7-8H2,(H,15,16)(H,17,18). The summed E-state index contributed by atoms with van der Waals surface area (Å²) >= 11 is 1.55. The second kappa shape index (κ2) is 7.81. The van der Waals surface area contributed by atoms with Crippen molar-refractivity contribution in [2.45, 2.75) is 30.3 Å². The van der Waals surface area contributed by atoms with Gasteiger partial charge in [0.15, 0.2) is 0 Å². The number of carboxylic acid groups (broad SMARTS) is 2. The van der Waals surface area contributed by atoms with Crippen LogP contribution in [-0.2, 0) is 4.79 Å². The van der Waals surface area contributed by atoms with Gasteiger partial charge in [0.25, 0.3) is 0 Å². The van der Waals surface area contributed by atoms with E-state index in [0.29, 0.717) is 12.8 Å². The highest BCUT2D eigenvalue weighted by atomic mass is 32.2. The number of rotatable bonds is 8. The molecule has 1 aromatic carbocycles. The Labute approximate surface area is 115 Å². The monoisotopic (exact) mass is 284 g/mol. The van der Waals surface area contributed by atoms with E-state index in [0.717, 1.165) is 10.6 Å². The van der Waals surface area contributed by atoms with Crippen molar-refractivity contribution < 1.29 is 24.9 Å². The first-order chi connectivity index (χ1) is 8.99. The highest BCUT2D eigenvalue weighted by Crippen LogP contribution is 2.20. The van der Waals surface area contributed by atoms with Crippen LogP contribution >= 0.6 is 11.8 Å². The number of carbonyl (C=O) groups is 2. The maximum Gasteiger partial charge on any atom is 0.335 e. The first kappa shape index (κ1) is 15.5. The summed E-state index contributed by atoms with van der Waals surface area (Å²) in [5.41, 5.74) is 0.251. The number of hydrogen-bond donors (Lipinski definition) is 3. The van der Waals surface area contributed by atoms with Crippen LogP contribution in [0, 0.1) is 0 Å². The summed E-state index contributed by atoms with van der Waals surface area (Å²) in [6.07, 6.45) is 0.136. The minimum absolute atomic E-state index is 0.224. The van der Waals surface area contributed by atoms with Crippen molar-refractivity contribution >= 4 is 23.7 Å². The minimum atomic E-state index is -0.996. The Morgan fingerprint density at radius 3 is 2.32 bits per heavy atom. The maximum absolute atomic E-state index is 10.7. The molecule has 0 fully saturated rings. The summed E-state index contributed by atoms with van der Waals surface area (Å²) in [7, 11) is 0. The van der Waals surface area contributed by atoms with Crippen molar-refractivity contribution in [2.75, 3.05) is 5.75 Å². The second-order valence-corrected chi connectivity index (χ2v) is 5.24. The van der Waals surface area contributed by atoms with E-state index in [1.54, 1.807) is 36.0 Å². The summed E-state index contributed by atoms with van der Waals surface area (Å²) in [4.78, 5) is 21.9. The normalized spacial score (nSPS) is 12.1. The smallest absolute Gasteiger partial charge is 0.335 e.